The number of carbonyl (C=O) groups excluding carboxylic acids is 1. The molecule has 0 aromatic carbocycles. The Morgan fingerprint density at radius 2 is 2.31 bits per heavy atom. The van der Waals surface area contributed by atoms with Crippen molar-refractivity contribution in [3.8, 4) is 11.8 Å². The van der Waals surface area contributed by atoms with Crippen molar-refractivity contribution < 1.29 is 18.0 Å². The molecule has 0 unspecified atom stereocenters. The molecule has 90 valence electrons. The second-order valence-electron chi connectivity index (χ2n) is 3.62. The van der Waals surface area contributed by atoms with Gasteiger partial charge in [-0.2, -0.15) is 13.2 Å². The number of halogens is 3. The van der Waals surface area contributed by atoms with Crippen LogP contribution < -0.4 is 10.6 Å². The van der Waals surface area contributed by atoms with Crippen LogP contribution in [0.1, 0.15) is 12.8 Å². The van der Waals surface area contributed by atoms with Crippen molar-refractivity contribution in [1.29, 1.82) is 0 Å². The van der Waals surface area contributed by atoms with E-state index >= 15 is 0 Å². The lowest BCUT2D eigenvalue weighted by molar-refractivity contribution is -0.122. The molecule has 3 nitrogen and oxygen atoms in total. The summed E-state index contributed by atoms with van der Waals surface area (Å²) in [6.07, 6.45) is -3.51. The summed E-state index contributed by atoms with van der Waals surface area (Å²) >= 11 is 0. The Morgan fingerprint density at radius 3 is 2.75 bits per heavy atom. The van der Waals surface area contributed by atoms with Gasteiger partial charge in [0, 0.05) is 18.4 Å². The zero-order valence-electron chi connectivity index (χ0n) is 8.82. The van der Waals surface area contributed by atoms with E-state index in [1.807, 2.05) is 0 Å². The van der Waals surface area contributed by atoms with Gasteiger partial charge in [-0.15, -0.1) is 0 Å². The van der Waals surface area contributed by atoms with Crippen molar-refractivity contribution in [2.24, 2.45) is 5.92 Å². The molecule has 1 heterocycles. The summed E-state index contributed by atoms with van der Waals surface area (Å²) in [4.78, 5) is 11.2. The molecule has 1 fully saturated rings. The second kappa shape index (κ2) is 5.21. The van der Waals surface area contributed by atoms with Crippen LogP contribution in [-0.4, -0.2) is 31.7 Å². The lowest BCUT2D eigenvalue weighted by Gasteiger charge is -2.12. The molecule has 0 saturated carbocycles. The maximum absolute atomic E-state index is 11.9. The first-order chi connectivity index (χ1) is 7.42. The van der Waals surface area contributed by atoms with Crippen LogP contribution in [0.25, 0.3) is 0 Å². The minimum absolute atomic E-state index is 0.103. The first-order valence-electron chi connectivity index (χ1n) is 4.97. The fourth-order valence-corrected chi connectivity index (χ4v) is 1.57. The van der Waals surface area contributed by atoms with Crippen molar-refractivity contribution in [2.75, 3.05) is 13.6 Å². The summed E-state index contributed by atoms with van der Waals surface area (Å²) in [5, 5.41) is 5.30. The molecule has 0 spiro atoms. The zero-order valence-corrected chi connectivity index (χ0v) is 8.82. The molecule has 16 heavy (non-hydrogen) atoms. The van der Waals surface area contributed by atoms with Crippen LogP contribution in [0.2, 0.25) is 0 Å². The van der Waals surface area contributed by atoms with E-state index in [0.717, 1.165) is 0 Å². The lowest BCUT2D eigenvalue weighted by Crippen LogP contribution is -2.29. The third-order valence-electron chi connectivity index (χ3n) is 2.42. The third-order valence-corrected chi connectivity index (χ3v) is 2.42. The van der Waals surface area contributed by atoms with Crippen molar-refractivity contribution in [3.63, 3.8) is 0 Å². The Labute approximate surface area is 91.8 Å². The summed E-state index contributed by atoms with van der Waals surface area (Å²) in [6, 6.07) is -0.601. The summed E-state index contributed by atoms with van der Waals surface area (Å²) in [5.41, 5.74) is 0. The first kappa shape index (κ1) is 12.8. The predicted molar refractivity (Wildman–Crippen MR) is 52.4 cm³/mol. The van der Waals surface area contributed by atoms with E-state index in [-0.39, 0.29) is 11.8 Å². The smallest absolute Gasteiger partial charge is 0.356 e. The topological polar surface area (TPSA) is 41.1 Å². The second-order valence-corrected chi connectivity index (χ2v) is 3.62. The molecule has 2 atom stereocenters. The highest BCUT2D eigenvalue weighted by molar-refractivity contribution is 5.80. The van der Waals surface area contributed by atoms with Crippen molar-refractivity contribution in [3.05, 3.63) is 0 Å². The molecule has 1 saturated heterocycles. The van der Waals surface area contributed by atoms with Crippen molar-refractivity contribution in [2.45, 2.75) is 25.1 Å². The highest BCUT2D eigenvalue weighted by Gasteiger charge is 2.27. The molecule has 0 bridgehead atoms. The summed E-state index contributed by atoms with van der Waals surface area (Å²) in [6.45, 7) is 0.590. The van der Waals surface area contributed by atoms with E-state index in [9.17, 15) is 18.0 Å². The Hall–Kier alpha value is -1.22. The van der Waals surface area contributed by atoms with Gasteiger partial charge in [-0.05, 0) is 19.9 Å². The molecular formula is C10H13F3N2O. The van der Waals surface area contributed by atoms with Crippen molar-refractivity contribution >= 4 is 5.91 Å². The van der Waals surface area contributed by atoms with Gasteiger partial charge in [0.15, 0.2) is 0 Å². The van der Waals surface area contributed by atoms with Gasteiger partial charge in [0.2, 0.25) is 5.91 Å². The molecule has 0 aromatic heterocycles. The van der Waals surface area contributed by atoms with Crippen LogP contribution in [-0.2, 0) is 4.79 Å². The number of carbonyl (C=O) groups is 1. The number of alkyl halides is 3. The highest BCUT2D eigenvalue weighted by atomic mass is 19.4. The molecule has 0 aromatic rings. The maximum atomic E-state index is 11.9. The molecule has 1 aliphatic rings. The Bertz CT molecular complexity index is 316. The van der Waals surface area contributed by atoms with Gasteiger partial charge in [-0.1, -0.05) is 5.92 Å². The fourth-order valence-electron chi connectivity index (χ4n) is 1.57. The number of hydrogen-bond acceptors (Lipinski definition) is 2. The monoisotopic (exact) mass is 234 g/mol. The van der Waals surface area contributed by atoms with Crippen molar-refractivity contribution in [1.82, 2.24) is 10.6 Å². The maximum Gasteiger partial charge on any atom is 0.457 e. The molecule has 0 aliphatic carbocycles. The third kappa shape index (κ3) is 4.11. The fraction of sp³-hybridized carbons (Fsp3) is 0.700. The first-order valence-corrected chi connectivity index (χ1v) is 4.97. The minimum Gasteiger partial charge on any atom is -0.356 e. The average Bonchev–Trinajstić information content (AvgIpc) is 2.57. The van der Waals surface area contributed by atoms with Gasteiger partial charge in [0.1, 0.15) is 0 Å². The number of hydrogen-bond donors (Lipinski definition) is 2. The zero-order chi connectivity index (χ0) is 12.2. The number of nitrogens with one attached hydrogen (secondary N) is 2. The summed E-state index contributed by atoms with van der Waals surface area (Å²) in [5.74, 6) is 2.97. The molecular weight excluding hydrogens is 221 g/mol. The van der Waals surface area contributed by atoms with Gasteiger partial charge in [0.25, 0.3) is 0 Å². The van der Waals surface area contributed by atoms with E-state index in [2.05, 4.69) is 16.6 Å². The van der Waals surface area contributed by atoms with E-state index < -0.39 is 12.2 Å². The quantitative estimate of drug-likeness (QED) is 0.704. The van der Waals surface area contributed by atoms with Gasteiger partial charge < -0.3 is 10.6 Å². The Morgan fingerprint density at radius 1 is 1.62 bits per heavy atom. The molecule has 6 heteroatoms. The number of amides is 1. The summed E-state index contributed by atoms with van der Waals surface area (Å²) < 4.78 is 35.6. The van der Waals surface area contributed by atoms with E-state index in [1.54, 1.807) is 0 Å². The SMILES string of the molecule is CN[C@H](C#CC(F)(F)F)C[C@@H]1CCNC1=O. The van der Waals surface area contributed by atoms with Crippen LogP contribution in [0.4, 0.5) is 13.2 Å². The average molecular weight is 234 g/mol. The largest absolute Gasteiger partial charge is 0.457 e. The Balaban J connectivity index is 2.54. The molecule has 1 rings (SSSR count). The molecule has 2 N–H and O–H groups in total. The van der Waals surface area contributed by atoms with Crippen LogP contribution in [0.3, 0.4) is 0 Å². The van der Waals surface area contributed by atoms with Crippen LogP contribution in [0.15, 0.2) is 0 Å². The Kier molecular flexibility index (Phi) is 4.19. The van der Waals surface area contributed by atoms with E-state index in [4.69, 9.17) is 0 Å². The highest BCUT2D eigenvalue weighted by Crippen LogP contribution is 2.17. The normalized spacial score (nSPS) is 22.2. The molecule has 0 radical (unpaired) electrons. The number of rotatable bonds is 3. The van der Waals surface area contributed by atoms with Crippen LogP contribution in [0, 0.1) is 17.8 Å². The van der Waals surface area contributed by atoms with Gasteiger partial charge in [-0.3, -0.25) is 4.79 Å². The van der Waals surface area contributed by atoms with E-state index in [0.29, 0.717) is 19.4 Å². The van der Waals surface area contributed by atoms with Gasteiger partial charge in [-0.25, -0.2) is 0 Å². The van der Waals surface area contributed by atoms with Crippen LogP contribution in [0.5, 0.6) is 0 Å². The predicted octanol–water partition coefficient (Wildman–Crippen LogP) is 0.666. The van der Waals surface area contributed by atoms with E-state index in [1.165, 1.54) is 13.0 Å². The van der Waals surface area contributed by atoms with Gasteiger partial charge >= 0.3 is 6.18 Å². The summed E-state index contributed by atoms with van der Waals surface area (Å²) in [7, 11) is 1.53. The van der Waals surface area contributed by atoms with Crippen LogP contribution >= 0.6 is 0 Å². The lowest BCUT2D eigenvalue weighted by atomic mass is 9.99. The minimum atomic E-state index is -4.48. The van der Waals surface area contributed by atoms with Gasteiger partial charge in [0.05, 0.1) is 6.04 Å². The molecule has 1 amide bonds. The standard InChI is InChI=1S/C10H13F3N2O/c1-14-8(2-4-10(11,12)13)6-7-3-5-15-9(7)16/h7-8,14H,3,5-6H2,1H3,(H,15,16)/t7-,8+/m0/s1. The molecule has 1 aliphatic heterocycles.